The Kier molecular flexibility index (Phi) is 6.50. The molecular weight excluding hydrogens is 514 g/mol. The van der Waals surface area contributed by atoms with Gasteiger partial charge in [-0.15, -0.1) is 0 Å². The van der Waals surface area contributed by atoms with E-state index >= 15 is 0 Å². The third kappa shape index (κ3) is 4.27. The molecule has 9 heteroatoms. The standard InChI is InChI=1S/C30H29N3O5S/c1-7-38-28(37)22-16(2)31-29-33(24(22)18-12-14-19(15-13-18)30(4,5)6)27(36)25(39-29)23-20-10-8-9-11-21(20)32(17(3)34)26(23)35/h8-15,24H,7H2,1-6H3/b25-23-/t24-/m1/s1. The summed E-state index contributed by atoms with van der Waals surface area (Å²) in [6.45, 7) is 11.3. The number of imide groups is 1. The first-order valence-electron chi connectivity index (χ1n) is 12.7. The van der Waals surface area contributed by atoms with Crippen LogP contribution in [0.25, 0.3) is 5.57 Å². The summed E-state index contributed by atoms with van der Waals surface area (Å²) >= 11 is 1.08. The van der Waals surface area contributed by atoms with Crippen LogP contribution in [-0.2, 0) is 24.5 Å². The zero-order valence-electron chi connectivity index (χ0n) is 22.7. The Morgan fingerprint density at radius 2 is 1.72 bits per heavy atom. The fraction of sp³-hybridized carbons (Fsp3) is 0.300. The number of hydrogen-bond donors (Lipinski definition) is 0. The van der Waals surface area contributed by atoms with Crippen LogP contribution in [-0.4, -0.2) is 29.0 Å². The molecule has 3 heterocycles. The molecule has 0 spiro atoms. The van der Waals surface area contributed by atoms with E-state index in [1.165, 1.54) is 11.5 Å². The number of allylic oxidation sites excluding steroid dienone is 1. The number of para-hydroxylation sites is 1. The van der Waals surface area contributed by atoms with Crippen molar-refractivity contribution in [3.8, 4) is 0 Å². The highest BCUT2D eigenvalue weighted by Gasteiger charge is 2.38. The van der Waals surface area contributed by atoms with E-state index in [0.29, 0.717) is 21.7 Å². The quantitative estimate of drug-likeness (QED) is 0.472. The van der Waals surface area contributed by atoms with Crippen molar-refractivity contribution in [3.63, 3.8) is 0 Å². The number of amides is 2. The lowest BCUT2D eigenvalue weighted by Gasteiger charge is -2.26. The minimum absolute atomic E-state index is 0.0802. The molecule has 8 nitrogen and oxygen atoms in total. The van der Waals surface area contributed by atoms with Gasteiger partial charge in [0, 0.05) is 12.5 Å². The fourth-order valence-electron chi connectivity index (χ4n) is 5.07. The Hall–Kier alpha value is -4.11. The van der Waals surface area contributed by atoms with Crippen LogP contribution in [0.3, 0.4) is 0 Å². The van der Waals surface area contributed by atoms with Crippen LogP contribution in [0.4, 0.5) is 5.69 Å². The van der Waals surface area contributed by atoms with Crippen LogP contribution in [0.2, 0.25) is 0 Å². The second-order valence-electron chi connectivity index (χ2n) is 10.5. The van der Waals surface area contributed by atoms with E-state index in [1.54, 1.807) is 38.1 Å². The van der Waals surface area contributed by atoms with Crippen molar-refractivity contribution >= 4 is 40.4 Å². The molecule has 0 saturated heterocycles. The molecule has 39 heavy (non-hydrogen) atoms. The van der Waals surface area contributed by atoms with E-state index in [0.717, 1.165) is 27.4 Å². The Labute approximate surface area is 229 Å². The number of carbonyl (C=O) groups excluding carboxylic acids is 3. The largest absolute Gasteiger partial charge is 0.463 e. The molecule has 0 bridgehead atoms. The molecule has 5 rings (SSSR count). The smallest absolute Gasteiger partial charge is 0.338 e. The van der Waals surface area contributed by atoms with Gasteiger partial charge in [-0.2, -0.15) is 0 Å². The summed E-state index contributed by atoms with van der Waals surface area (Å²) in [5.74, 6) is -1.54. The molecule has 0 radical (unpaired) electrons. The maximum absolute atomic E-state index is 14.1. The van der Waals surface area contributed by atoms with Gasteiger partial charge in [-0.25, -0.2) is 14.7 Å². The van der Waals surface area contributed by atoms with Gasteiger partial charge in [0.15, 0.2) is 4.80 Å². The second kappa shape index (κ2) is 9.57. The van der Waals surface area contributed by atoms with Gasteiger partial charge in [-0.1, -0.05) is 74.6 Å². The van der Waals surface area contributed by atoms with Gasteiger partial charge in [0.25, 0.3) is 11.5 Å². The normalized spacial score (nSPS) is 18.1. The number of thiazole rings is 1. The van der Waals surface area contributed by atoms with E-state index in [9.17, 15) is 19.2 Å². The van der Waals surface area contributed by atoms with Gasteiger partial charge in [0.05, 0.1) is 35.2 Å². The van der Waals surface area contributed by atoms with Gasteiger partial charge >= 0.3 is 5.97 Å². The number of esters is 1. The predicted octanol–water partition coefficient (Wildman–Crippen LogP) is 3.36. The number of nitrogens with zero attached hydrogens (tertiary/aromatic N) is 3. The van der Waals surface area contributed by atoms with E-state index in [4.69, 9.17) is 4.74 Å². The maximum atomic E-state index is 14.1. The molecule has 2 amide bonds. The number of ether oxygens (including phenoxy) is 1. The number of anilines is 1. The number of fused-ring (bicyclic) bond motifs is 2. The highest BCUT2D eigenvalue weighted by Crippen LogP contribution is 2.36. The molecule has 200 valence electrons. The number of carbonyl (C=O) groups is 3. The van der Waals surface area contributed by atoms with Crippen molar-refractivity contribution in [2.45, 2.75) is 53.0 Å². The molecule has 3 aromatic rings. The van der Waals surface area contributed by atoms with Gasteiger partial charge in [-0.05, 0) is 36.5 Å². The first-order chi connectivity index (χ1) is 18.5. The zero-order chi connectivity index (χ0) is 28.2. The molecule has 0 N–H and O–H groups in total. The molecule has 2 aromatic carbocycles. The van der Waals surface area contributed by atoms with E-state index in [1.807, 2.05) is 24.3 Å². The monoisotopic (exact) mass is 543 g/mol. The van der Waals surface area contributed by atoms with Crippen LogP contribution in [0.15, 0.2) is 69.6 Å². The first kappa shape index (κ1) is 26.5. The number of hydrogen-bond acceptors (Lipinski definition) is 7. The summed E-state index contributed by atoms with van der Waals surface area (Å²) in [5, 5.41) is 0. The van der Waals surface area contributed by atoms with Crippen molar-refractivity contribution in [1.29, 1.82) is 0 Å². The molecule has 0 fully saturated rings. The van der Waals surface area contributed by atoms with Crippen LogP contribution < -0.4 is 19.8 Å². The fourth-order valence-corrected chi connectivity index (χ4v) is 6.21. The average molecular weight is 544 g/mol. The summed E-state index contributed by atoms with van der Waals surface area (Å²) in [6.07, 6.45) is 0. The molecular formula is C30H29N3O5S. The van der Waals surface area contributed by atoms with Gasteiger partial charge in [0.1, 0.15) is 4.53 Å². The van der Waals surface area contributed by atoms with Crippen molar-refractivity contribution in [2.24, 2.45) is 4.99 Å². The Balaban J connectivity index is 1.80. The third-order valence-corrected chi connectivity index (χ3v) is 8.01. The Bertz CT molecular complexity index is 1750. The highest BCUT2D eigenvalue weighted by molar-refractivity contribution is 7.07. The zero-order valence-corrected chi connectivity index (χ0v) is 23.5. The molecule has 1 aromatic heterocycles. The lowest BCUT2D eigenvalue weighted by molar-refractivity contribution is -0.139. The number of benzene rings is 2. The lowest BCUT2D eigenvalue weighted by Crippen LogP contribution is -2.41. The van der Waals surface area contributed by atoms with Crippen molar-refractivity contribution in [1.82, 2.24) is 4.57 Å². The average Bonchev–Trinajstić information content (AvgIpc) is 3.35. The minimum atomic E-state index is -0.792. The molecule has 2 aliphatic rings. The van der Waals surface area contributed by atoms with E-state index < -0.39 is 29.4 Å². The number of aromatic nitrogens is 1. The summed E-state index contributed by atoms with van der Waals surface area (Å²) in [7, 11) is 0. The summed E-state index contributed by atoms with van der Waals surface area (Å²) < 4.78 is 7.01. The van der Waals surface area contributed by atoms with Gasteiger partial charge in [0.2, 0.25) is 5.91 Å². The lowest BCUT2D eigenvalue weighted by atomic mass is 9.85. The highest BCUT2D eigenvalue weighted by atomic mass is 32.1. The molecule has 1 atom stereocenters. The first-order valence-corrected chi connectivity index (χ1v) is 13.5. The van der Waals surface area contributed by atoms with Crippen molar-refractivity contribution in [3.05, 3.63) is 96.2 Å². The summed E-state index contributed by atoms with van der Waals surface area (Å²) in [4.78, 5) is 59.2. The predicted molar refractivity (Wildman–Crippen MR) is 149 cm³/mol. The van der Waals surface area contributed by atoms with Crippen LogP contribution in [0.5, 0.6) is 0 Å². The third-order valence-electron chi connectivity index (χ3n) is 6.96. The summed E-state index contributed by atoms with van der Waals surface area (Å²) in [5.41, 5.74) is 3.12. The maximum Gasteiger partial charge on any atom is 0.338 e. The Morgan fingerprint density at radius 1 is 1.05 bits per heavy atom. The van der Waals surface area contributed by atoms with E-state index in [-0.39, 0.29) is 27.7 Å². The van der Waals surface area contributed by atoms with Crippen molar-refractivity contribution in [2.75, 3.05) is 11.5 Å². The van der Waals surface area contributed by atoms with Gasteiger partial charge in [-0.3, -0.25) is 19.0 Å². The van der Waals surface area contributed by atoms with Crippen molar-refractivity contribution < 1.29 is 19.1 Å². The second-order valence-corrected chi connectivity index (χ2v) is 11.5. The molecule has 0 saturated carbocycles. The SMILES string of the molecule is CCOC(=O)C1=C(C)N=c2s/c(=C3\C(=O)N(C(C)=O)c4ccccc43)c(=O)n2[C@@H]1c1ccc(C(C)(C)C)cc1. The summed E-state index contributed by atoms with van der Waals surface area (Å²) in [6, 6.07) is 13.9. The van der Waals surface area contributed by atoms with E-state index in [2.05, 4.69) is 25.8 Å². The minimum Gasteiger partial charge on any atom is -0.463 e. The van der Waals surface area contributed by atoms with Crippen LogP contribution >= 0.6 is 11.3 Å². The molecule has 0 unspecified atom stereocenters. The van der Waals surface area contributed by atoms with Gasteiger partial charge < -0.3 is 4.74 Å². The topological polar surface area (TPSA) is 98.0 Å². The van der Waals surface area contributed by atoms with Crippen LogP contribution in [0.1, 0.15) is 64.3 Å². The molecule has 0 aliphatic carbocycles. The Morgan fingerprint density at radius 3 is 2.33 bits per heavy atom. The van der Waals surface area contributed by atoms with Crippen LogP contribution in [0, 0.1) is 0 Å². The number of rotatable bonds is 3. The molecule has 2 aliphatic heterocycles.